The van der Waals surface area contributed by atoms with E-state index in [1.165, 1.54) is 0 Å². The van der Waals surface area contributed by atoms with Gasteiger partial charge in [-0.1, -0.05) is 41.6 Å². The van der Waals surface area contributed by atoms with Crippen LogP contribution >= 0.6 is 23.4 Å². The zero-order valence-electron chi connectivity index (χ0n) is 11.0. The van der Waals surface area contributed by atoms with Crippen molar-refractivity contribution in [2.45, 2.75) is 10.9 Å². The molecule has 0 atom stereocenters. The number of aromatic nitrogens is 4. The van der Waals surface area contributed by atoms with Crippen LogP contribution < -0.4 is 0 Å². The Morgan fingerprint density at radius 3 is 2.81 bits per heavy atom. The lowest BCUT2D eigenvalue weighted by atomic mass is 10.3. The van der Waals surface area contributed by atoms with Crippen molar-refractivity contribution in [1.29, 1.82) is 0 Å². The van der Waals surface area contributed by atoms with E-state index in [0.717, 1.165) is 27.5 Å². The molecule has 4 aromatic rings. The number of halogens is 1. The van der Waals surface area contributed by atoms with Crippen LogP contribution in [-0.2, 0) is 5.75 Å². The molecule has 4 nitrogen and oxygen atoms in total. The van der Waals surface area contributed by atoms with Gasteiger partial charge < -0.3 is 4.98 Å². The summed E-state index contributed by atoms with van der Waals surface area (Å²) in [5.74, 6) is 0.681. The standard InChI is InChI=1S/C15H11ClN4S/c16-14-12(17-13-7-3-4-8-20(13)14)9-21-15-18-10-5-1-2-6-11(10)19-15/h1-8H,9H2,(H,18,19). The first-order valence-corrected chi connectivity index (χ1v) is 7.86. The zero-order valence-corrected chi connectivity index (χ0v) is 12.5. The van der Waals surface area contributed by atoms with E-state index in [0.29, 0.717) is 10.9 Å². The van der Waals surface area contributed by atoms with E-state index in [2.05, 4.69) is 15.0 Å². The number of nitrogens with zero attached hydrogens (tertiary/aromatic N) is 3. The van der Waals surface area contributed by atoms with Gasteiger partial charge in [0.15, 0.2) is 5.16 Å². The van der Waals surface area contributed by atoms with E-state index >= 15 is 0 Å². The molecule has 3 heterocycles. The highest BCUT2D eigenvalue weighted by Gasteiger charge is 2.11. The summed E-state index contributed by atoms with van der Waals surface area (Å²) in [5, 5.41) is 1.54. The summed E-state index contributed by atoms with van der Waals surface area (Å²) >= 11 is 7.96. The number of hydrogen-bond donors (Lipinski definition) is 1. The molecule has 0 aliphatic heterocycles. The van der Waals surface area contributed by atoms with Gasteiger partial charge in [-0.15, -0.1) is 0 Å². The topological polar surface area (TPSA) is 46.0 Å². The maximum Gasteiger partial charge on any atom is 0.166 e. The van der Waals surface area contributed by atoms with Crippen molar-refractivity contribution in [3.8, 4) is 0 Å². The first kappa shape index (κ1) is 12.7. The van der Waals surface area contributed by atoms with Gasteiger partial charge in [-0.2, -0.15) is 0 Å². The molecule has 0 saturated carbocycles. The maximum absolute atomic E-state index is 6.36. The van der Waals surface area contributed by atoms with Gasteiger partial charge in [-0.05, 0) is 24.3 Å². The van der Waals surface area contributed by atoms with E-state index in [1.54, 1.807) is 11.8 Å². The number of fused-ring (bicyclic) bond motifs is 2. The first-order valence-electron chi connectivity index (χ1n) is 6.50. The molecule has 3 aromatic heterocycles. The van der Waals surface area contributed by atoms with Crippen LogP contribution in [-0.4, -0.2) is 19.4 Å². The predicted molar refractivity (Wildman–Crippen MR) is 85.9 cm³/mol. The third-order valence-corrected chi connectivity index (χ3v) is 4.54. The number of pyridine rings is 1. The van der Waals surface area contributed by atoms with E-state index in [-0.39, 0.29) is 0 Å². The molecule has 104 valence electrons. The van der Waals surface area contributed by atoms with Crippen LogP contribution in [0.3, 0.4) is 0 Å². The van der Waals surface area contributed by atoms with Crippen LogP contribution in [0.1, 0.15) is 5.69 Å². The van der Waals surface area contributed by atoms with E-state index in [1.807, 2.05) is 53.1 Å². The van der Waals surface area contributed by atoms with Gasteiger partial charge in [0, 0.05) is 11.9 Å². The number of aromatic amines is 1. The van der Waals surface area contributed by atoms with Crippen molar-refractivity contribution in [2.24, 2.45) is 0 Å². The highest BCUT2D eigenvalue weighted by molar-refractivity contribution is 7.98. The van der Waals surface area contributed by atoms with Crippen molar-refractivity contribution in [3.05, 3.63) is 59.5 Å². The summed E-state index contributed by atoms with van der Waals surface area (Å²) in [7, 11) is 0. The summed E-state index contributed by atoms with van der Waals surface area (Å²) in [5.41, 5.74) is 3.75. The summed E-state index contributed by atoms with van der Waals surface area (Å²) < 4.78 is 1.89. The van der Waals surface area contributed by atoms with Gasteiger partial charge in [-0.3, -0.25) is 4.40 Å². The molecular weight excluding hydrogens is 304 g/mol. The Morgan fingerprint density at radius 2 is 1.95 bits per heavy atom. The number of benzene rings is 1. The molecule has 1 aromatic carbocycles. The lowest BCUT2D eigenvalue weighted by Gasteiger charge is -1.95. The van der Waals surface area contributed by atoms with Crippen LogP contribution in [0.4, 0.5) is 0 Å². The normalized spacial score (nSPS) is 11.5. The second-order valence-corrected chi connectivity index (χ2v) is 5.95. The van der Waals surface area contributed by atoms with Crippen LogP contribution in [0, 0.1) is 0 Å². The highest BCUT2D eigenvalue weighted by atomic mass is 35.5. The molecular formula is C15H11ClN4S. The summed E-state index contributed by atoms with van der Waals surface area (Å²) in [6.45, 7) is 0. The third-order valence-electron chi connectivity index (χ3n) is 3.25. The molecule has 1 N–H and O–H groups in total. The van der Waals surface area contributed by atoms with Gasteiger partial charge in [0.2, 0.25) is 0 Å². The molecule has 0 amide bonds. The van der Waals surface area contributed by atoms with Gasteiger partial charge in [0.1, 0.15) is 10.8 Å². The van der Waals surface area contributed by atoms with Crippen molar-refractivity contribution >= 4 is 40.0 Å². The molecule has 0 fully saturated rings. The van der Waals surface area contributed by atoms with Crippen LogP contribution in [0.15, 0.2) is 53.8 Å². The summed E-state index contributed by atoms with van der Waals surface area (Å²) in [4.78, 5) is 12.4. The number of imidazole rings is 2. The Labute approximate surface area is 130 Å². The fourth-order valence-corrected chi connectivity index (χ4v) is 3.39. The smallest absolute Gasteiger partial charge is 0.166 e. The summed E-state index contributed by atoms with van der Waals surface area (Å²) in [6.07, 6.45) is 1.92. The van der Waals surface area contributed by atoms with Gasteiger partial charge in [-0.25, -0.2) is 9.97 Å². The number of rotatable bonds is 3. The van der Waals surface area contributed by atoms with E-state index in [4.69, 9.17) is 11.6 Å². The number of H-pyrrole nitrogens is 1. The van der Waals surface area contributed by atoms with Gasteiger partial charge in [0.25, 0.3) is 0 Å². The minimum absolute atomic E-state index is 0.661. The fourth-order valence-electron chi connectivity index (χ4n) is 2.24. The molecule has 0 aliphatic rings. The molecule has 6 heteroatoms. The Bertz CT molecular complexity index is 895. The predicted octanol–water partition coefficient (Wildman–Crippen LogP) is 4.16. The van der Waals surface area contributed by atoms with Crippen LogP contribution in [0.5, 0.6) is 0 Å². The SMILES string of the molecule is Clc1c(CSc2nc3ccccc3[nH]2)nc2ccccn12. The van der Waals surface area contributed by atoms with E-state index < -0.39 is 0 Å². The van der Waals surface area contributed by atoms with Gasteiger partial charge >= 0.3 is 0 Å². The van der Waals surface area contributed by atoms with Crippen molar-refractivity contribution in [3.63, 3.8) is 0 Å². The zero-order chi connectivity index (χ0) is 14.2. The largest absolute Gasteiger partial charge is 0.333 e. The molecule has 0 radical (unpaired) electrons. The van der Waals surface area contributed by atoms with Crippen molar-refractivity contribution < 1.29 is 0 Å². The molecule has 0 saturated heterocycles. The number of nitrogens with one attached hydrogen (secondary N) is 1. The van der Waals surface area contributed by atoms with Gasteiger partial charge in [0.05, 0.1) is 16.7 Å². The van der Waals surface area contributed by atoms with Crippen LogP contribution in [0.2, 0.25) is 5.15 Å². The van der Waals surface area contributed by atoms with Crippen molar-refractivity contribution in [2.75, 3.05) is 0 Å². The number of hydrogen-bond acceptors (Lipinski definition) is 3. The Morgan fingerprint density at radius 1 is 1.10 bits per heavy atom. The lowest BCUT2D eigenvalue weighted by molar-refractivity contribution is 1.07. The minimum atomic E-state index is 0.661. The molecule has 21 heavy (non-hydrogen) atoms. The average molecular weight is 315 g/mol. The number of para-hydroxylation sites is 2. The first-order chi connectivity index (χ1) is 10.3. The van der Waals surface area contributed by atoms with Crippen LogP contribution in [0.25, 0.3) is 16.7 Å². The highest BCUT2D eigenvalue weighted by Crippen LogP contribution is 2.26. The molecule has 0 spiro atoms. The molecule has 0 unspecified atom stereocenters. The third kappa shape index (κ3) is 2.28. The Balaban J connectivity index is 1.61. The van der Waals surface area contributed by atoms with Crippen molar-refractivity contribution in [1.82, 2.24) is 19.4 Å². The minimum Gasteiger partial charge on any atom is -0.333 e. The summed E-state index contributed by atoms with van der Waals surface area (Å²) in [6, 6.07) is 13.8. The molecule has 0 aliphatic carbocycles. The number of thioether (sulfide) groups is 1. The van der Waals surface area contributed by atoms with E-state index in [9.17, 15) is 0 Å². The molecule has 4 rings (SSSR count). The fraction of sp³-hybridized carbons (Fsp3) is 0.0667. The lowest BCUT2D eigenvalue weighted by Crippen LogP contribution is -1.84. The Hall–Kier alpha value is -1.98. The Kier molecular flexibility index (Phi) is 3.09. The molecule has 0 bridgehead atoms. The second kappa shape index (κ2) is 5.09. The quantitative estimate of drug-likeness (QED) is 0.578. The monoisotopic (exact) mass is 314 g/mol. The average Bonchev–Trinajstić information content (AvgIpc) is 3.07. The second-order valence-electron chi connectivity index (χ2n) is 4.63. The maximum atomic E-state index is 6.36.